The summed E-state index contributed by atoms with van der Waals surface area (Å²) in [4.78, 5) is 0. The topological polar surface area (TPSA) is 39.9 Å². The van der Waals surface area contributed by atoms with Crippen LogP contribution in [0.25, 0.3) is 11.4 Å². The summed E-state index contributed by atoms with van der Waals surface area (Å²) in [7, 11) is 0. The van der Waals surface area contributed by atoms with Crippen molar-refractivity contribution in [2.75, 3.05) is 6.61 Å². The molecule has 26 heavy (non-hydrogen) atoms. The highest BCUT2D eigenvalue weighted by Crippen LogP contribution is 2.32. The van der Waals surface area contributed by atoms with Gasteiger partial charge in [0.05, 0.1) is 12.2 Å². The van der Waals surface area contributed by atoms with Crippen LogP contribution in [0.4, 0.5) is 0 Å². The van der Waals surface area contributed by atoms with E-state index in [1.807, 2.05) is 37.3 Å². The second-order valence-corrected chi connectivity index (χ2v) is 6.79. The molecule has 0 amide bonds. The van der Waals surface area contributed by atoms with E-state index in [1.165, 1.54) is 11.1 Å². The lowest BCUT2D eigenvalue weighted by Crippen LogP contribution is -2.02. The predicted molar refractivity (Wildman–Crippen MR) is 108 cm³/mol. The lowest BCUT2D eigenvalue weighted by atomic mass is 10.1. The van der Waals surface area contributed by atoms with Crippen molar-refractivity contribution in [3.63, 3.8) is 0 Å². The largest absolute Gasteiger partial charge is 0.493 e. The monoisotopic (exact) mass is 365 g/mol. The van der Waals surface area contributed by atoms with Gasteiger partial charge < -0.3 is 4.74 Å². The lowest BCUT2D eigenvalue weighted by Gasteiger charge is -2.12. The molecule has 3 rings (SSSR count). The van der Waals surface area contributed by atoms with E-state index < -0.39 is 0 Å². The molecule has 0 radical (unpaired) electrons. The van der Waals surface area contributed by atoms with Crippen LogP contribution in [0.1, 0.15) is 18.1 Å². The van der Waals surface area contributed by atoms with Crippen LogP contribution < -0.4 is 4.74 Å². The van der Waals surface area contributed by atoms with Crippen molar-refractivity contribution < 1.29 is 4.74 Å². The van der Waals surface area contributed by atoms with Gasteiger partial charge in [-0.25, -0.2) is 0 Å². The quantitative estimate of drug-likeness (QED) is 0.410. The molecule has 1 heterocycles. The molecule has 134 valence electrons. The molecule has 2 aromatic carbocycles. The van der Waals surface area contributed by atoms with E-state index >= 15 is 0 Å². The maximum Gasteiger partial charge on any atom is 0.192 e. The van der Waals surface area contributed by atoms with Crippen LogP contribution >= 0.6 is 11.8 Å². The number of allylic oxidation sites excluding steroid dienone is 1. The van der Waals surface area contributed by atoms with Gasteiger partial charge in [-0.3, -0.25) is 4.57 Å². The van der Waals surface area contributed by atoms with E-state index in [4.69, 9.17) is 4.74 Å². The minimum atomic E-state index is 0.613. The Balaban J connectivity index is 1.92. The van der Waals surface area contributed by atoms with Crippen molar-refractivity contribution in [3.8, 4) is 17.1 Å². The molecule has 4 nitrogen and oxygen atoms in total. The summed E-state index contributed by atoms with van der Waals surface area (Å²) in [6, 6.07) is 16.4. The first kappa shape index (κ1) is 18.3. The number of nitrogens with zero attached hydrogens (tertiary/aromatic N) is 3. The van der Waals surface area contributed by atoms with Crippen LogP contribution in [-0.2, 0) is 12.3 Å². The third-order valence-electron chi connectivity index (χ3n) is 4.07. The van der Waals surface area contributed by atoms with Crippen molar-refractivity contribution in [2.24, 2.45) is 0 Å². The number of thioether (sulfide) groups is 1. The summed E-state index contributed by atoms with van der Waals surface area (Å²) in [6.07, 6.45) is 1.87. The minimum Gasteiger partial charge on any atom is -0.493 e. The number of rotatable bonds is 8. The van der Waals surface area contributed by atoms with Crippen LogP contribution in [0.3, 0.4) is 0 Å². The van der Waals surface area contributed by atoms with Crippen molar-refractivity contribution in [1.29, 1.82) is 0 Å². The molecule has 0 fully saturated rings. The SMILES string of the molecule is C=CCn1c(SCc2ccccc2C)nnc1-c1ccccc1OCC. The van der Waals surface area contributed by atoms with Crippen LogP contribution in [0, 0.1) is 6.92 Å². The minimum absolute atomic E-state index is 0.613. The third-order valence-corrected chi connectivity index (χ3v) is 5.09. The van der Waals surface area contributed by atoms with E-state index in [-0.39, 0.29) is 0 Å². The standard InChI is InChI=1S/C21H23N3OS/c1-4-14-24-20(18-12-8-9-13-19(18)25-5-2)22-23-21(24)26-15-17-11-7-6-10-16(17)3/h4,6-13H,1,5,14-15H2,2-3H3. The predicted octanol–water partition coefficient (Wildman–Crippen LogP) is 5.13. The Morgan fingerprint density at radius 2 is 1.88 bits per heavy atom. The van der Waals surface area contributed by atoms with Gasteiger partial charge >= 0.3 is 0 Å². The Bertz CT molecular complexity index is 888. The Morgan fingerprint density at radius 3 is 2.65 bits per heavy atom. The van der Waals surface area contributed by atoms with Crippen LogP contribution in [0.15, 0.2) is 66.3 Å². The Morgan fingerprint density at radius 1 is 1.12 bits per heavy atom. The average molecular weight is 366 g/mol. The number of aryl methyl sites for hydroxylation is 1. The molecule has 3 aromatic rings. The van der Waals surface area contributed by atoms with Crippen molar-refractivity contribution in [3.05, 3.63) is 72.3 Å². The first-order valence-electron chi connectivity index (χ1n) is 8.68. The molecular formula is C21H23N3OS. The maximum atomic E-state index is 5.77. The van der Waals surface area contributed by atoms with Gasteiger partial charge in [0.15, 0.2) is 11.0 Å². The van der Waals surface area contributed by atoms with Crippen LogP contribution in [-0.4, -0.2) is 21.4 Å². The third kappa shape index (κ3) is 3.99. The van der Waals surface area contributed by atoms with Crippen molar-refractivity contribution >= 4 is 11.8 Å². The molecular weight excluding hydrogens is 342 g/mol. The number of aromatic nitrogens is 3. The zero-order valence-electron chi connectivity index (χ0n) is 15.2. The number of ether oxygens (including phenoxy) is 1. The van der Waals surface area contributed by atoms with Gasteiger partial charge in [-0.15, -0.1) is 16.8 Å². The summed E-state index contributed by atoms with van der Waals surface area (Å²) in [5.41, 5.74) is 3.55. The highest BCUT2D eigenvalue weighted by Gasteiger charge is 2.17. The highest BCUT2D eigenvalue weighted by molar-refractivity contribution is 7.98. The highest BCUT2D eigenvalue weighted by atomic mass is 32.2. The molecule has 0 aliphatic rings. The lowest BCUT2D eigenvalue weighted by molar-refractivity contribution is 0.341. The average Bonchev–Trinajstić information content (AvgIpc) is 3.05. The zero-order valence-corrected chi connectivity index (χ0v) is 16.0. The molecule has 0 bridgehead atoms. The van der Waals surface area contributed by atoms with E-state index in [0.29, 0.717) is 13.2 Å². The molecule has 0 spiro atoms. The molecule has 5 heteroatoms. The molecule has 0 atom stereocenters. The van der Waals surface area contributed by atoms with Crippen LogP contribution in [0.5, 0.6) is 5.75 Å². The second kappa shape index (κ2) is 8.72. The molecule has 0 aliphatic carbocycles. The van der Waals surface area contributed by atoms with Gasteiger partial charge in [0.1, 0.15) is 5.75 Å². The van der Waals surface area contributed by atoms with Gasteiger partial charge in [0, 0.05) is 12.3 Å². The fourth-order valence-electron chi connectivity index (χ4n) is 2.74. The van der Waals surface area contributed by atoms with Gasteiger partial charge in [0.2, 0.25) is 0 Å². The molecule has 0 N–H and O–H groups in total. The first-order valence-corrected chi connectivity index (χ1v) is 9.66. The van der Waals surface area contributed by atoms with E-state index in [9.17, 15) is 0 Å². The van der Waals surface area contributed by atoms with Crippen LogP contribution in [0.2, 0.25) is 0 Å². The number of hydrogen-bond donors (Lipinski definition) is 0. The second-order valence-electron chi connectivity index (χ2n) is 5.85. The Hall–Kier alpha value is -2.53. The number of para-hydroxylation sites is 1. The first-order chi connectivity index (χ1) is 12.7. The molecule has 1 aromatic heterocycles. The van der Waals surface area contributed by atoms with Gasteiger partial charge in [-0.2, -0.15) is 0 Å². The van der Waals surface area contributed by atoms with E-state index in [0.717, 1.165) is 28.0 Å². The molecule has 0 saturated carbocycles. The summed E-state index contributed by atoms with van der Waals surface area (Å²) in [5, 5.41) is 9.76. The Labute approximate surface area is 158 Å². The van der Waals surface area contributed by atoms with Crippen molar-refractivity contribution in [2.45, 2.75) is 31.3 Å². The molecule has 0 unspecified atom stereocenters. The molecule has 0 saturated heterocycles. The fourth-order valence-corrected chi connectivity index (χ4v) is 3.76. The summed E-state index contributed by atoms with van der Waals surface area (Å²) >= 11 is 1.69. The Kier molecular flexibility index (Phi) is 6.12. The smallest absolute Gasteiger partial charge is 0.192 e. The normalized spacial score (nSPS) is 10.7. The van der Waals surface area contributed by atoms with Gasteiger partial charge in [-0.05, 0) is 37.1 Å². The fraction of sp³-hybridized carbons (Fsp3) is 0.238. The van der Waals surface area contributed by atoms with Gasteiger partial charge in [0.25, 0.3) is 0 Å². The number of benzene rings is 2. The summed E-state index contributed by atoms with van der Waals surface area (Å²) in [6.45, 7) is 9.26. The molecule has 0 aliphatic heterocycles. The summed E-state index contributed by atoms with van der Waals surface area (Å²) < 4.78 is 7.86. The van der Waals surface area contributed by atoms with Gasteiger partial charge in [-0.1, -0.05) is 54.2 Å². The zero-order chi connectivity index (χ0) is 18.4. The van der Waals surface area contributed by atoms with Crippen molar-refractivity contribution in [1.82, 2.24) is 14.8 Å². The van der Waals surface area contributed by atoms with E-state index in [1.54, 1.807) is 11.8 Å². The number of hydrogen-bond acceptors (Lipinski definition) is 4. The van der Waals surface area contributed by atoms with E-state index in [2.05, 4.69) is 52.5 Å². The summed E-state index contributed by atoms with van der Waals surface area (Å²) in [5.74, 6) is 2.49. The maximum absolute atomic E-state index is 5.77.